The molecule has 25 heavy (non-hydrogen) atoms. The Hall–Kier alpha value is -1.30. The molecule has 1 aromatic carbocycles. The van der Waals surface area contributed by atoms with Crippen LogP contribution in [0.1, 0.15) is 32.1 Å². The third-order valence-electron chi connectivity index (χ3n) is 4.60. The molecule has 1 fully saturated rings. The van der Waals surface area contributed by atoms with Crippen molar-refractivity contribution in [3.05, 3.63) is 29.3 Å². The summed E-state index contributed by atoms with van der Waals surface area (Å²) in [6, 6.07) is 7.03. The van der Waals surface area contributed by atoms with Gasteiger partial charge >= 0.3 is 6.09 Å². The molecule has 0 aliphatic heterocycles. The van der Waals surface area contributed by atoms with Crippen LogP contribution in [0, 0.1) is 0 Å². The van der Waals surface area contributed by atoms with E-state index >= 15 is 0 Å². The van der Waals surface area contributed by atoms with E-state index in [-0.39, 0.29) is 12.1 Å². The molecule has 0 heterocycles. The number of halogens is 1. The molecule has 0 unspecified atom stereocenters. The SMILES string of the molecule is CN(C)CCCO[C@H]1CC[C@H](N(C)C(=O)Oc2ccc(Cl)cc2)CC1. The molecule has 1 aliphatic carbocycles. The Morgan fingerprint density at radius 1 is 1.12 bits per heavy atom. The number of ether oxygens (including phenoxy) is 2. The molecule has 0 spiro atoms. The van der Waals surface area contributed by atoms with Crippen LogP contribution in [-0.4, -0.2) is 62.3 Å². The minimum Gasteiger partial charge on any atom is -0.410 e. The average molecular weight is 369 g/mol. The normalized spacial score (nSPS) is 20.5. The van der Waals surface area contributed by atoms with Gasteiger partial charge in [0, 0.05) is 24.7 Å². The summed E-state index contributed by atoms with van der Waals surface area (Å²) in [6.45, 7) is 1.86. The summed E-state index contributed by atoms with van der Waals surface area (Å²) in [5.41, 5.74) is 0. The molecular weight excluding hydrogens is 340 g/mol. The van der Waals surface area contributed by atoms with E-state index in [0.717, 1.165) is 45.3 Å². The second-order valence-corrected chi connectivity index (χ2v) is 7.33. The van der Waals surface area contributed by atoms with Crippen molar-refractivity contribution in [2.75, 3.05) is 34.3 Å². The molecule has 6 heteroatoms. The maximum Gasteiger partial charge on any atom is 0.415 e. The highest BCUT2D eigenvalue weighted by molar-refractivity contribution is 6.30. The zero-order valence-corrected chi connectivity index (χ0v) is 16.2. The second kappa shape index (κ2) is 10.00. The summed E-state index contributed by atoms with van der Waals surface area (Å²) in [5.74, 6) is 0.513. The van der Waals surface area contributed by atoms with Crippen LogP contribution in [0.5, 0.6) is 5.75 Å². The largest absolute Gasteiger partial charge is 0.415 e. The summed E-state index contributed by atoms with van der Waals surface area (Å²) < 4.78 is 11.4. The van der Waals surface area contributed by atoms with E-state index in [2.05, 4.69) is 19.0 Å². The molecule has 140 valence electrons. The first kappa shape index (κ1) is 20.0. The van der Waals surface area contributed by atoms with E-state index in [1.165, 1.54) is 0 Å². The highest BCUT2D eigenvalue weighted by Gasteiger charge is 2.27. The highest BCUT2D eigenvalue weighted by atomic mass is 35.5. The van der Waals surface area contributed by atoms with Gasteiger partial charge in [0.1, 0.15) is 5.75 Å². The molecule has 1 aromatic rings. The van der Waals surface area contributed by atoms with Gasteiger partial charge in [-0.05, 0) is 77.0 Å². The highest BCUT2D eigenvalue weighted by Crippen LogP contribution is 2.25. The molecule has 0 saturated heterocycles. The molecule has 5 nitrogen and oxygen atoms in total. The van der Waals surface area contributed by atoms with E-state index < -0.39 is 0 Å². The van der Waals surface area contributed by atoms with E-state index in [1.54, 1.807) is 36.2 Å². The zero-order valence-electron chi connectivity index (χ0n) is 15.4. The monoisotopic (exact) mass is 368 g/mol. The number of carbonyl (C=O) groups is 1. The van der Waals surface area contributed by atoms with Crippen LogP contribution in [0.25, 0.3) is 0 Å². The van der Waals surface area contributed by atoms with Crippen LogP contribution in [-0.2, 0) is 4.74 Å². The quantitative estimate of drug-likeness (QED) is 0.681. The van der Waals surface area contributed by atoms with Gasteiger partial charge in [0.05, 0.1) is 6.10 Å². The molecule has 0 aromatic heterocycles. The lowest BCUT2D eigenvalue weighted by Crippen LogP contribution is -2.42. The molecule has 0 N–H and O–H groups in total. The zero-order chi connectivity index (χ0) is 18.2. The van der Waals surface area contributed by atoms with Gasteiger partial charge in [-0.25, -0.2) is 4.79 Å². The number of nitrogens with zero attached hydrogens (tertiary/aromatic N) is 2. The lowest BCUT2D eigenvalue weighted by molar-refractivity contribution is 0.00949. The van der Waals surface area contributed by atoms with Crippen LogP contribution in [0.15, 0.2) is 24.3 Å². The standard InChI is InChI=1S/C19H29ClN2O3/c1-21(2)13-4-14-24-17-11-7-16(8-12-17)22(3)19(23)25-18-9-5-15(20)6-10-18/h5-6,9-10,16-17H,4,7-8,11-14H2,1-3H3/t16-,17-. The number of hydrogen-bond donors (Lipinski definition) is 0. The fourth-order valence-electron chi connectivity index (χ4n) is 3.05. The van der Waals surface area contributed by atoms with E-state index in [0.29, 0.717) is 16.9 Å². The molecule has 1 saturated carbocycles. The lowest BCUT2D eigenvalue weighted by atomic mass is 9.92. The van der Waals surface area contributed by atoms with Gasteiger partial charge < -0.3 is 19.3 Å². The van der Waals surface area contributed by atoms with Crippen LogP contribution in [0.3, 0.4) is 0 Å². The van der Waals surface area contributed by atoms with Crippen molar-refractivity contribution in [3.8, 4) is 5.75 Å². The topological polar surface area (TPSA) is 42.0 Å². The number of rotatable bonds is 7. The van der Waals surface area contributed by atoms with Crippen molar-refractivity contribution >= 4 is 17.7 Å². The maximum absolute atomic E-state index is 12.3. The Morgan fingerprint density at radius 2 is 1.76 bits per heavy atom. The van der Waals surface area contributed by atoms with Gasteiger partial charge in [-0.2, -0.15) is 0 Å². The first-order valence-electron chi connectivity index (χ1n) is 8.92. The van der Waals surface area contributed by atoms with Crippen LogP contribution in [0.2, 0.25) is 5.02 Å². The minimum absolute atomic E-state index is 0.210. The molecule has 0 radical (unpaired) electrons. The summed E-state index contributed by atoms with van der Waals surface area (Å²) in [5, 5.41) is 0.622. The van der Waals surface area contributed by atoms with Crippen LogP contribution in [0.4, 0.5) is 4.79 Å². The lowest BCUT2D eigenvalue weighted by Gasteiger charge is -2.34. The summed E-state index contributed by atoms with van der Waals surface area (Å²) >= 11 is 5.84. The van der Waals surface area contributed by atoms with Crippen LogP contribution < -0.4 is 4.74 Å². The van der Waals surface area contributed by atoms with Crippen molar-refractivity contribution in [3.63, 3.8) is 0 Å². The minimum atomic E-state index is -0.322. The van der Waals surface area contributed by atoms with Gasteiger partial charge in [-0.3, -0.25) is 0 Å². The maximum atomic E-state index is 12.3. The Morgan fingerprint density at radius 3 is 2.36 bits per heavy atom. The van der Waals surface area contributed by atoms with Crippen molar-refractivity contribution in [2.45, 2.75) is 44.2 Å². The summed E-state index contributed by atoms with van der Waals surface area (Å²) in [6.07, 6.45) is 4.93. The van der Waals surface area contributed by atoms with Crippen molar-refractivity contribution in [2.24, 2.45) is 0 Å². The number of amides is 1. The van der Waals surface area contributed by atoms with Gasteiger partial charge in [-0.1, -0.05) is 11.6 Å². The van der Waals surface area contributed by atoms with E-state index in [1.807, 2.05) is 0 Å². The van der Waals surface area contributed by atoms with Crippen molar-refractivity contribution in [1.82, 2.24) is 9.80 Å². The number of hydrogen-bond acceptors (Lipinski definition) is 4. The van der Waals surface area contributed by atoms with Gasteiger partial charge in [0.25, 0.3) is 0 Å². The Balaban J connectivity index is 1.70. The smallest absolute Gasteiger partial charge is 0.410 e. The fraction of sp³-hybridized carbons (Fsp3) is 0.632. The van der Waals surface area contributed by atoms with Gasteiger partial charge in [-0.15, -0.1) is 0 Å². The van der Waals surface area contributed by atoms with E-state index in [9.17, 15) is 4.79 Å². The molecular formula is C19H29ClN2O3. The van der Waals surface area contributed by atoms with Crippen molar-refractivity contribution in [1.29, 1.82) is 0 Å². The van der Waals surface area contributed by atoms with E-state index in [4.69, 9.17) is 21.1 Å². The molecule has 1 aliphatic rings. The van der Waals surface area contributed by atoms with Crippen molar-refractivity contribution < 1.29 is 14.3 Å². The number of carbonyl (C=O) groups excluding carboxylic acids is 1. The third-order valence-corrected chi connectivity index (χ3v) is 4.85. The average Bonchev–Trinajstić information content (AvgIpc) is 2.60. The molecule has 1 amide bonds. The Labute approximate surface area is 155 Å². The number of benzene rings is 1. The third kappa shape index (κ3) is 6.84. The Kier molecular flexibility index (Phi) is 8.00. The molecule has 0 bridgehead atoms. The predicted octanol–water partition coefficient (Wildman–Crippen LogP) is 4.05. The predicted molar refractivity (Wildman–Crippen MR) is 100 cm³/mol. The summed E-state index contributed by atoms with van der Waals surface area (Å²) in [4.78, 5) is 16.2. The second-order valence-electron chi connectivity index (χ2n) is 6.89. The summed E-state index contributed by atoms with van der Waals surface area (Å²) in [7, 11) is 5.95. The van der Waals surface area contributed by atoms with Gasteiger partial charge in [0.2, 0.25) is 0 Å². The first-order valence-corrected chi connectivity index (χ1v) is 9.30. The first-order chi connectivity index (χ1) is 12.0. The van der Waals surface area contributed by atoms with Gasteiger partial charge in [0.15, 0.2) is 0 Å². The molecule has 0 atom stereocenters. The Bertz CT molecular complexity index is 528. The fourth-order valence-corrected chi connectivity index (χ4v) is 3.18. The molecule has 2 rings (SSSR count). The van der Waals surface area contributed by atoms with Crippen LogP contribution >= 0.6 is 11.6 Å².